The Labute approximate surface area is 154 Å². The number of primary amides is 1. The van der Waals surface area contributed by atoms with E-state index < -0.39 is 5.91 Å². The molecule has 0 fully saturated rings. The third-order valence-electron chi connectivity index (χ3n) is 3.13. The Morgan fingerprint density at radius 1 is 1.21 bits per heavy atom. The Bertz CT molecular complexity index is 770. The van der Waals surface area contributed by atoms with E-state index >= 15 is 0 Å². The number of carbonyl (C=O) groups excluding carboxylic acids is 2. The van der Waals surface area contributed by atoms with Gasteiger partial charge in [-0.2, -0.15) is 0 Å². The van der Waals surface area contributed by atoms with Crippen LogP contribution in [0, 0.1) is 10.5 Å². The molecule has 0 aromatic heterocycles. The van der Waals surface area contributed by atoms with Crippen LogP contribution in [0.1, 0.15) is 11.1 Å². The second-order valence-electron chi connectivity index (χ2n) is 5.11. The maximum Gasteiger partial charge on any atom is 0.255 e. The van der Waals surface area contributed by atoms with E-state index in [9.17, 15) is 9.59 Å². The number of carbonyl (C=O) groups is 2. The molecular formula is C18H17IN2O3. The number of rotatable bonds is 6. The molecule has 2 aromatic rings. The van der Waals surface area contributed by atoms with E-state index in [0.717, 1.165) is 20.4 Å². The zero-order valence-electron chi connectivity index (χ0n) is 13.1. The molecule has 3 N–H and O–H groups in total. The third-order valence-corrected chi connectivity index (χ3v) is 3.81. The molecule has 0 aliphatic heterocycles. The van der Waals surface area contributed by atoms with Crippen LogP contribution in [0.2, 0.25) is 0 Å². The summed E-state index contributed by atoms with van der Waals surface area (Å²) < 4.78 is 6.29. The van der Waals surface area contributed by atoms with Crippen molar-refractivity contribution in [2.45, 2.75) is 6.92 Å². The van der Waals surface area contributed by atoms with Gasteiger partial charge in [-0.15, -0.1) is 0 Å². The van der Waals surface area contributed by atoms with Gasteiger partial charge in [0.2, 0.25) is 5.91 Å². The van der Waals surface area contributed by atoms with Crippen molar-refractivity contribution in [1.29, 1.82) is 0 Å². The summed E-state index contributed by atoms with van der Waals surface area (Å²) >= 11 is 2.23. The van der Waals surface area contributed by atoms with Gasteiger partial charge in [0.1, 0.15) is 5.75 Å². The number of nitrogens with one attached hydrogen (secondary N) is 1. The normalized spacial score (nSPS) is 10.6. The molecule has 0 unspecified atom stereocenters. The van der Waals surface area contributed by atoms with Crippen molar-refractivity contribution in [2.75, 3.05) is 11.9 Å². The van der Waals surface area contributed by atoms with Gasteiger partial charge in [-0.05, 0) is 77.0 Å². The molecule has 0 aliphatic carbocycles. The van der Waals surface area contributed by atoms with Crippen LogP contribution in [-0.2, 0) is 9.59 Å². The molecule has 0 bridgehead atoms. The second kappa shape index (κ2) is 8.49. The first-order chi connectivity index (χ1) is 11.4. The van der Waals surface area contributed by atoms with E-state index in [1.54, 1.807) is 30.3 Å². The maximum atomic E-state index is 12.0. The van der Waals surface area contributed by atoms with Gasteiger partial charge in [0.05, 0.1) is 0 Å². The van der Waals surface area contributed by atoms with Crippen LogP contribution in [0.5, 0.6) is 5.75 Å². The highest BCUT2D eigenvalue weighted by Crippen LogP contribution is 2.18. The first-order valence-corrected chi connectivity index (χ1v) is 8.28. The molecule has 5 nitrogen and oxygen atoms in total. The highest BCUT2D eigenvalue weighted by atomic mass is 127. The van der Waals surface area contributed by atoms with Crippen LogP contribution in [0.4, 0.5) is 5.69 Å². The number of benzene rings is 2. The number of nitrogens with two attached hydrogens (primary N) is 1. The molecule has 0 atom stereocenters. The number of hydrogen-bond donors (Lipinski definition) is 2. The second-order valence-corrected chi connectivity index (χ2v) is 6.35. The summed E-state index contributed by atoms with van der Waals surface area (Å²) in [7, 11) is 0. The lowest BCUT2D eigenvalue weighted by molar-refractivity contribution is -0.120. The Morgan fingerprint density at radius 3 is 2.54 bits per heavy atom. The van der Waals surface area contributed by atoms with Crippen molar-refractivity contribution >= 4 is 46.2 Å². The summed E-state index contributed by atoms with van der Waals surface area (Å²) in [4.78, 5) is 22.6. The van der Waals surface area contributed by atoms with Gasteiger partial charge < -0.3 is 15.8 Å². The largest absolute Gasteiger partial charge is 0.484 e. The number of hydrogen-bond acceptors (Lipinski definition) is 3. The van der Waals surface area contributed by atoms with E-state index in [1.165, 1.54) is 6.08 Å². The molecule has 0 spiro atoms. The molecule has 0 saturated heterocycles. The van der Waals surface area contributed by atoms with Gasteiger partial charge in [0.15, 0.2) is 6.61 Å². The highest BCUT2D eigenvalue weighted by molar-refractivity contribution is 14.1. The van der Waals surface area contributed by atoms with Crippen molar-refractivity contribution in [2.24, 2.45) is 5.73 Å². The standard InChI is InChI=1S/C18H17IN2O3/c1-12-10-14(19)5-8-16(12)21-18(23)9-4-13-2-6-15(7-3-13)24-11-17(20)22/h2-10H,11H2,1H3,(H2,20,22)(H,21,23). The Morgan fingerprint density at radius 2 is 1.92 bits per heavy atom. The average Bonchev–Trinajstić information content (AvgIpc) is 2.54. The fourth-order valence-corrected chi connectivity index (χ4v) is 2.59. The van der Waals surface area contributed by atoms with Crippen molar-refractivity contribution < 1.29 is 14.3 Å². The molecule has 2 amide bonds. The maximum absolute atomic E-state index is 12.0. The summed E-state index contributed by atoms with van der Waals surface area (Å²) in [5.74, 6) is -0.181. The Balaban J connectivity index is 1.94. The molecule has 24 heavy (non-hydrogen) atoms. The highest BCUT2D eigenvalue weighted by Gasteiger charge is 2.02. The van der Waals surface area contributed by atoms with Gasteiger partial charge in [0.25, 0.3) is 5.91 Å². The fraction of sp³-hybridized carbons (Fsp3) is 0.111. The van der Waals surface area contributed by atoms with Crippen LogP contribution < -0.4 is 15.8 Å². The zero-order chi connectivity index (χ0) is 17.5. The summed E-state index contributed by atoms with van der Waals surface area (Å²) in [6.07, 6.45) is 3.17. The minimum absolute atomic E-state index is 0.160. The van der Waals surface area contributed by atoms with E-state index in [-0.39, 0.29) is 12.5 Å². The summed E-state index contributed by atoms with van der Waals surface area (Å²) in [6, 6.07) is 12.8. The lowest BCUT2D eigenvalue weighted by Crippen LogP contribution is -2.19. The summed E-state index contributed by atoms with van der Waals surface area (Å²) in [5, 5.41) is 2.85. The molecular weight excluding hydrogens is 419 g/mol. The third kappa shape index (κ3) is 5.69. The number of halogens is 1. The average molecular weight is 436 g/mol. The Kier molecular flexibility index (Phi) is 6.36. The number of ether oxygens (including phenoxy) is 1. The lowest BCUT2D eigenvalue weighted by atomic mass is 10.2. The summed E-state index contributed by atoms with van der Waals surface area (Å²) in [5.41, 5.74) is 7.66. The topological polar surface area (TPSA) is 81.4 Å². The Hall–Kier alpha value is -2.35. The first-order valence-electron chi connectivity index (χ1n) is 7.20. The SMILES string of the molecule is Cc1cc(I)ccc1NC(=O)C=Cc1ccc(OCC(N)=O)cc1. The smallest absolute Gasteiger partial charge is 0.255 e. The molecule has 2 aromatic carbocycles. The van der Waals surface area contributed by atoms with E-state index in [4.69, 9.17) is 10.5 Å². The minimum atomic E-state index is -0.526. The van der Waals surface area contributed by atoms with E-state index in [2.05, 4.69) is 27.9 Å². The van der Waals surface area contributed by atoms with Gasteiger partial charge in [0, 0.05) is 15.3 Å². The molecule has 0 radical (unpaired) electrons. The van der Waals surface area contributed by atoms with Crippen molar-refractivity contribution in [3.8, 4) is 5.75 Å². The monoisotopic (exact) mass is 436 g/mol. The van der Waals surface area contributed by atoms with Gasteiger partial charge in [-0.25, -0.2) is 0 Å². The molecule has 0 saturated carbocycles. The number of amides is 2. The van der Waals surface area contributed by atoms with E-state index in [0.29, 0.717) is 5.75 Å². The van der Waals surface area contributed by atoms with Crippen LogP contribution in [0.25, 0.3) is 6.08 Å². The fourth-order valence-electron chi connectivity index (χ4n) is 1.94. The van der Waals surface area contributed by atoms with Gasteiger partial charge in [-0.1, -0.05) is 12.1 Å². The van der Waals surface area contributed by atoms with Crippen molar-refractivity contribution in [3.05, 3.63) is 63.2 Å². The van der Waals surface area contributed by atoms with Crippen LogP contribution in [0.15, 0.2) is 48.5 Å². The summed E-state index contributed by atoms with van der Waals surface area (Å²) in [6.45, 7) is 1.79. The molecule has 2 rings (SSSR count). The van der Waals surface area contributed by atoms with E-state index in [1.807, 2.05) is 25.1 Å². The van der Waals surface area contributed by atoms with Crippen molar-refractivity contribution in [3.63, 3.8) is 0 Å². The predicted octanol–water partition coefficient (Wildman–Crippen LogP) is 3.12. The molecule has 6 heteroatoms. The molecule has 0 heterocycles. The zero-order valence-corrected chi connectivity index (χ0v) is 15.2. The van der Waals surface area contributed by atoms with Crippen LogP contribution in [-0.4, -0.2) is 18.4 Å². The molecule has 124 valence electrons. The predicted molar refractivity (Wildman–Crippen MR) is 103 cm³/mol. The lowest BCUT2D eigenvalue weighted by Gasteiger charge is -2.06. The van der Waals surface area contributed by atoms with Crippen LogP contribution >= 0.6 is 22.6 Å². The quantitative estimate of drug-likeness (QED) is 0.540. The first kappa shape index (κ1) is 18.0. The van der Waals surface area contributed by atoms with Gasteiger partial charge in [-0.3, -0.25) is 9.59 Å². The van der Waals surface area contributed by atoms with Gasteiger partial charge >= 0.3 is 0 Å². The number of anilines is 1. The number of aryl methyl sites for hydroxylation is 1. The van der Waals surface area contributed by atoms with Crippen molar-refractivity contribution in [1.82, 2.24) is 0 Å². The molecule has 0 aliphatic rings. The van der Waals surface area contributed by atoms with Crippen LogP contribution in [0.3, 0.4) is 0 Å². The minimum Gasteiger partial charge on any atom is -0.484 e.